The van der Waals surface area contributed by atoms with Crippen LogP contribution in [0.3, 0.4) is 0 Å². The van der Waals surface area contributed by atoms with Crippen LogP contribution in [0.4, 0.5) is 0 Å². The van der Waals surface area contributed by atoms with Gasteiger partial charge in [-0.2, -0.15) is 0 Å². The summed E-state index contributed by atoms with van der Waals surface area (Å²) in [5.41, 5.74) is 1.30. The summed E-state index contributed by atoms with van der Waals surface area (Å²) in [6, 6.07) is 12.5. The standard InChI is InChI=1S/C24H21N5O6/c1-33-16-5-4-15-11-29(21(30)17(15)10-16)7-6-24(22(31)26-23(32)27-24)19-9-13-2-3-14(8-18(13)35-19)20-28-25-12-34-20/h2-5,8-10,12,23,27,32H,6-7,11H2,1H3,(H,26,31). The van der Waals surface area contributed by atoms with Crippen LogP contribution in [0.15, 0.2) is 57.7 Å². The largest absolute Gasteiger partial charge is 0.497 e. The van der Waals surface area contributed by atoms with E-state index in [9.17, 15) is 14.7 Å². The number of furan rings is 1. The molecule has 2 aromatic heterocycles. The summed E-state index contributed by atoms with van der Waals surface area (Å²) in [6.45, 7) is 0.680. The Morgan fingerprint density at radius 2 is 2.11 bits per heavy atom. The molecule has 178 valence electrons. The second-order valence-electron chi connectivity index (χ2n) is 8.53. The van der Waals surface area contributed by atoms with Crippen molar-refractivity contribution in [3.63, 3.8) is 0 Å². The summed E-state index contributed by atoms with van der Waals surface area (Å²) in [5.74, 6) is 0.705. The van der Waals surface area contributed by atoms with Crippen molar-refractivity contribution in [2.24, 2.45) is 0 Å². The van der Waals surface area contributed by atoms with Crippen LogP contribution in [0.2, 0.25) is 0 Å². The van der Waals surface area contributed by atoms with Gasteiger partial charge in [-0.05, 0) is 42.3 Å². The highest BCUT2D eigenvalue weighted by atomic mass is 16.5. The van der Waals surface area contributed by atoms with Gasteiger partial charge < -0.3 is 28.9 Å². The number of amides is 2. The summed E-state index contributed by atoms with van der Waals surface area (Å²) >= 11 is 0. The first-order chi connectivity index (χ1) is 17.0. The van der Waals surface area contributed by atoms with Crippen molar-refractivity contribution in [3.8, 4) is 17.2 Å². The monoisotopic (exact) mass is 475 g/mol. The van der Waals surface area contributed by atoms with Crippen LogP contribution in [-0.4, -0.2) is 52.0 Å². The molecule has 11 nitrogen and oxygen atoms in total. The lowest BCUT2D eigenvalue weighted by Crippen LogP contribution is -2.46. The minimum absolute atomic E-state index is 0.137. The number of nitrogens with one attached hydrogen (secondary N) is 2. The van der Waals surface area contributed by atoms with Gasteiger partial charge in [0, 0.05) is 29.6 Å². The van der Waals surface area contributed by atoms with Gasteiger partial charge >= 0.3 is 0 Å². The number of aliphatic hydroxyl groups is 1. The van der Waals surface area contributed by atoms with E-state index < -0.39 is 17.8 Å². The lowest BCUT2D eigenvalue weighted by atomic mass is 9.91. The quantitative estimate of drug-likeness (QED) is 0.380. The summed E-state index contributed by atoms with van der Waals surface area (Å²) in [4.78, 5) is 27.8. The average Bonchev–Trinajstić information content (AvgIpc) is 3.64. The molecule has 2 aliphatic heterocycles. The number of benzene rings is 2. The Kier molecular flexibility index (Phi) is 4.83. The molecule has 2 unspecified atom stereocenters. The molecule has 1 saturated heterocycles. The zero-order chi connectivity index (χ0) is 24.2. The molecular weight excluding hydrogens is 454 g/mol. The Balaban J connectivity index is 1.30. The molecule has 3 N–H and O–H groups in total. The molecule has 0 radical (unpaired) electrons. The number of methoxy groups -OCH3 is 1. The summed E-state index contributed by atoms with van der Waals surface area (Å²) in [5, 5.41) is 23.9. The van der Waals surface area contributed by atoms with E-state index in [0.717, 1.165) is 10.9 Å². The maximum atomic E-state index is 13.1. The number of nitrogens with zero attached hydrogens (tertiary/aromatic N) is 3. The molecule has 0 bridgehead atoms. The van der Waals surface area contributed by atoms with Gasteiger partial charge in [0.1, 0.15) is 17.1 Å². The van der Waals surface area contributed by atoms with E-state index in [1.54, 1.807) is 30.2 Å². The molecule has 11 heteroatoms. The third kappa shape index (κ3) is 3.44. The van der Waals surface area contributed by atoms with Gasteiger partial charge in [-0.1, -0.05) is 12.1 Å². The van der Waals surface area contributed by atoms with Gasteiger partial charge in [-0.15, -0.1) is 10.2 Å². The van der Waals surface area contributed by atoms with Crippen molar-refractivity contribution in [1.82, 2.24) is 25.7 Å². The number of carbonyl (C=O) groups excluding carboxylic acids is 2. The molecule has 2 atom stereocenters. The smallest absolute Gasteiger partial charge is 0.254 e. The molecule has 0 spiro atoms. The van der Waals surface area contributed by atoms with Crippen molar-refractivity contribution >= 4 is 22.8 Å². The molecule has 6 rings (SSSR count). The lowest BCUT2D eigenvalue weighted by Gasteiger charge is -2.27. The van der Waals surface area contributed by atoms with E-state index >= 15 is 0 Å². The zero-order valence-electron chi connectivity index (χ0n) is 18.6. The Bertz CT molecular complexity index is 1450. The van der Waals surface area contributed by atoms with Crippen molar-refractivity contribution in [2.75, 3.05) is 13.7 Å². The van der Waals surface area contributed by atoms with E-state index in [-0.39, 0.29) is 18.9 Å². The molecule has 2 amide bonds. The molecule has 35 heavy (non-hydrogen) atoms. The van der Waals surface area contributed by atoms with Crippen LogP contribution in [-0.2, 0) is 16.9 Å². The zero-order valence-corrected chi connectivity index (χ0v) is 18.6. The molecule has 2 aliphatic rings. The number of hydrogen-bond donors (Lipinski definition) is 3. The number of hydrogen-bond acceptors (Lipinski definition) is 9. The van der Waals surface area contributed by atoms with Crippen molar-refractivity contribution in [3.05, 3.63) is 65.7 Å². The third-order valence-corrected chi connectivity index (χ3v) is 6.54. The first kappa shape index (κ1) is 21.3. The fourth-order valence-corrected chi connectivity index (χ4v) is 4.70. The van der Waals surface area contributed by atoms with E-state index in [2.05, 4.69) is 20.8 Å². The average molecular weight is 475 g/mol. The molecule has 4 aromatic rings. The maximum Gasteiger partial charge on any atom is 0.254 e. The minimum atomic E-state index is -1.37. The SMILES string of the molecule is COc1ccc2c(c1)C(=O)N(CCC1(c3cc4ccc(-c5nnco5)cc4o3)NC(O)NC1=O)C2. The van der Waals surface area contributed by atoms with Gasteiger partial charge in [-0.25, -0.2) is 0 Å². The normalized spacial score (nSPS) is 21.5. The third-order valence-electron chi connectivity index (χ3n) is 6.54. The van der Waals surface area contributed by atoms with Gasteiger partial charge in [0.25, 0.3) is 11.8 Å². The van der Waals surface area contributed by atoms with Gasteiger partial charge in [0.15, 0.2) is 11.9 Å². The molecule has 0 aliphatic carbocycles. The van der Waals surface area contributed by atoms with Crippen LogP contribution in [0.5, 0.6) is 5.75 Å². The predicted octanol–water partition coefficient (Wildman–Crippen LogP) is 1.73. The number of aromatic nitrogens is 2. The second kappa shape index (κ2) is 7.93. The topological polar surface area (TPSA) is 143 Å². The lowest BCUT2D eigenvalue weighted by molar-refractivity contribution is -0.125. The Morgan fingerprint density at radius 3 is 2.86 bits per heavy atom. The number of fused-ring (bicyclic) bond motifs is 2. The highest BCUT2D eigenvalue weighted by Gasteiger charge is 2.50. The van der Waals surface area contributed by atoms with Gasteiger partial charge in [-0.3, -0.25) is 14.9 Å². The van der Waals surface area contributed by atoms with Crippen LogP contribution < -0.4 is 15.4 Å². The highest BCUT2D eigenvalue weighted by Crippen LogP contribution is 2.36. The predicted molar refractivity (Wildman–Crippen MR) is 121 cm³/mol. The highest BCUT2D eigenvalue weighted by molar-refractivity contribution is 5.99. The molecule has 0 saturated carbocycles. The molecule has 4 heterocycles. The molecule has 1 fully saturated rings. The van der Waals surface area contributed by atoms with Crippen LogP contribution in [0.1, 0.15) is 28.1 Å². The Hall–Kier alpha value is -4.22. The number of ether oxygens (including phenoxy) is 1. The van der Waals surface area contributed by atoms with Gasteiger partial charge in [0.05, 0.1) is 7.11 Å². The molecular formula is C24H21N5O6. The summed E-state index contributed by atoms with van der Waals surface area (Å²) in [7, 11) is 1.55. The van der Waals surface area contributed by atoms with E-state index in [0.29, 0.717) is 40.7 Å². The van der Waals surface area contributed by atoms with E-state index in [1.807, 2.05) is 24.3 Å². The fraction of sp³-hybridized carbons (Fsp3) is 0.250. The van der Waals surface area contributed by atoms with E-state index in [4.69, 9.17) is 13.6 Å². The molecule has 2 aromatic carbocycles. The Morgan fingerprint density at radius 1 is 1.23 bits per heavy atom. The summed E-state index contributed by atoms with van der Waals surface area (Å²) < 4.78 is 16.6. The van der Waals surface area contributed by atoms with Crippen LogP contribution >= 0.6 is 0 Å². The first-order valence-electron chi connectivity index (χ1n) is 11.0. The van der Waals surface area contributed by atoms with Gasteiger partial charge in [0.2, 0.25) is 12.3 Å². The number of rotatable bonds is 6. The minimum Gasteiger partial charge on any atom is -0.497 e. The van der Waals surface area contributed by atoms with Crippen LogP contribution in [0, 0.1) is 0 Å². The summed E-state index contributed by atoms with van der Waals surface area (Å²) in [6.07, 6.45) is 0.174. The first-order valence-corrected chi connectivity index (χ1v) is 11.0. The van der Waals surface area contributed by atoms with Crippen molar-refractivity contribution < 1.29 is 28.3 Å². The number of carbonyl (C=O) groups is 2. The number of aliphatic hydroxyl groups excluding tert-OH is 1. The van der Waals surface area contributed by atoms with Crippen LogP contribution in [0.25, 0.3) is 22.4 Å². The second-order valence-corrected chi connectivity index (χ2v) is 8.53. The maximum absolute atomic E-state index is 13.1. The van der Waals surface area contributed by atoms with Crippen molar-refractivity contribution in [1.29, 1.82) is 0 Å². The fourth-order valence-electron chi connectivity index (χ4n) is 4.70. The Labute approximate surface area is 198 Å². The van der Waals surface area contributed by atoms with E-state index in [1.165, 1.54) is 6.39 Å². The van der Waals surface area contributed by atoms with Crippen molar-refractivity contribution in [2.45, 2.75) is 24.9 Å².